The highest BCUT2D eigenvalue weighted by atomic mass is 16.5. The van der Waals surface area contributed by atoms with Crippen molar-refractivity contribution < 1.29 is 14.6 Å². The average molecular weight is 313 g/mol. The fourth-order valence-electron chi connectivity index (χ4n) is 3.88. The number of rotatable bonds is 4. The van der Waals surface area contributed by atoms with Crippen LogP contribution in [0, 0.1) is 12.3 Å². The van der Waals surface area contributed by atoms with Gasteiger partial charge in [-0.2, -0.15) is 0 Å². The highest BCUT2D eigenvalue weighted by molar-refractivity contribution is 5.49. The fourth-order valence-corrected chi connectivity index (χ4v) is 3.88. The number of ether oxygens (including phenoxy) is 2. The van der Waals surface area contributed by atoms with Crippen molar-refractivity contribution >= 4 is 0 Å². The predicted octanol–water partition coefficient (Wildman–Crippen LogP) is 1.97. The molecule has 0 amide bonds. The first-order valence-corrected chi connectivity index (χ1v) is 7.93. The summed E-state index contributed by atoms with van der Waals surface area (Å²) in [6.07, 6.45) is 10.8. The maximum atomic E-state index is 10.0. The standard InChI is InChI=1S/C19H23NO3/c1-4-11-23-17-12-14(5-6-16(17)22-3)19-8-7-15(21)13-18(19)20(2)10-9-19/h1,5-8,12,15,18,21H,9-11,13H2,2-3H3/t15-,18+,19+/m1/s1. The molecular formula is C19H23NO3. The number of likely N-dealkylation sites (N-methyl/N-ethyl adjacent to an activating group) is 1. The molecule has 0 aromatic heterocycles. The van der Waals surface area contributed by atoms with Gasteiger partial charge in [0.15, 0.2) is 11.5 Å². The summed E-state index contributed by atoms with van der Waals surface area (Å²) in [7, 11) is 3.75. The van der Waals surface area contributed by atoms with Gasteiger partial charge in [-0.15, -0.1) is 6.42 Å². The summed E-state index contributed by atoms with van der Waals surface area (Å²) in [5, 5.41) is 10.0. The molecule has 1 heterocycles. The summed E-state index contributed by atoms with van der Waals surface area (Å²) < 4.78 is 11.0. The Morgan fingerprint density at radius 2 is 2.26 bits per heavy atom. The summed E-state index contributed by atoms with van der Waals surface area (Å²) in [6, 6.07) is 6.35. The quantitative estimate of drug-likeness (QED) is 0.682. The van der Waals surface area contributed by atoms with Crippen molar-refractivity contribution in [1.82, 2.24) is 4.90 Å². The van der Waals surface area contributed by atoms with Crippen molar-refractivity contribution in [3.05, 3.63) is 35.9 Å². The Labute approximate surface area is 137 Å². The zero-order chi connectivity index (χ0) is 16.4. The van der Waals surface area contributed by atoms with Crippen LogP contribution in [-0.4, -0.2) is 49.5 Å². The van der Waals surface area contributed by atoms with Crippen LogP contribution in [0.4, 0.5) is 0 Å². The zero-order valence-corrected chi connectivity index (χ0v) is 13.7. The second-order valence-electron chi connectivity index (χ2n) is 6.31. The van der Waals surface area contributed by atoms with Crippen LogP contribution in [0.25, 0.3) is 0 Å². The molecule has 0 radical (unpaired) electrons. The Morgan fingerprint density at radius 1 is 1.43 bits per heavy atom. The Balaban J connectivity index is 2.03. The second kappa shape index (κ2) is 6.27. The molecule has 1 aliphatic carbocycles. The van der Waals surface area contributed by atoms with Crippen LogP contribution in [0.5, 0.6) is 11.5 Å². The van der Waals surface area contributed by atoms with E-state index in [9.17, 15) is 5.11 Å². The highest BCUT2D eigenvalue weighted by Crippen LogP contribution is 2.47. The molecule has 4 heteroatoms. The lowest BCUT2D eigenvalue weighted by Crippen LogP contribution is -2.44. The molecule has 0 saturated carbocycles. The van der Waals surface area contributed by atoms with E-state index in [1.807, 2.05) is 18.2 Å². The predicted molar refractivity (Wildman–Crippen MR) is 89.8 cm³/mol. The number of aliphatic hydroxyl groups excluding tert-OH is 1. The van der Waals surface area contributed by atoms with Gasteiger partial charge in [0.25, 0.3) is 0 Å². The third-order valence-corrected chi connectivity index (χ3v) is 5.10. The molecule has 1 aliphatic heterocycles. The van der Waals surface area contributed by atoms with Crippen LogP contribution in [0.15, 0.2) is 30.4 Å². The molecule has 1 aromatic rings. The number of nitrogens with zero attached hydrogens (tertiary/aromatic N) is 1. The van der Waals surface area contributed by atoms with Crippen LogP contribution in [-0.2, 0) is 5.41 Å². The van der Waals surface area contributed by atoms with E-state index in [1.54, 1.807) is 7.11 Å². The van der Waals surface area contributed by atoms with Crippen LogP contribution in [0.1, 0.15) is 18.4 Å². The van der Waals surface area contributed by atoms with Gasteiger partial charge in [0, 0.05) is 11.5 Å². The van der Waals surface area contributed by atoms with Gasteiger partial charge in [-0.25, -0.2) is 0 Å². The van der Waals surface area contributed by atoms with E-state index < -0.39 is 0 Å². The second-order valence-corrected chi connectivity index (χ2v) is 6.31. The van der Waals surface area contributed by atoms with Gasteiger partial charge in [0.05, 0.1) is 13.2 Å². The maximum Gasteiger partial charge on any atom is 0.162 e. The van der Waals surface area contributed by atoms with Gasteiger partial charge in [0.2, 0.25) is 0 Å². The minimum Gasteiger partial charge on any atom is -0.493 e. The first-order valence-electron chi connectivity index (χ1n) is 7.93. The number of hydrogen-bond donors (Lipinski definition) is 1. The van der Waals surface area contributed by atoms with E-state index in [1.165, 1.54) is 5.56 Å². The lowest BCUT2D eigenvalue weighted by atomic mass is 9.69. The summed E-state index contributed by atoms with van der Waals surface area (Å²) in [4.78, 5) is 2.33. The van der Waals surface area contributed by atoms with Crippen LogP contribution in [0.2, 0.25) is 0 Å². The van der Waals surface area contributed by atoms with Gasteiger partial charge in [-0.05, 0) is 44.1 Å². The Bertz CT molecular complexity index is 649. The molecule has 0 unspecified atom stereocenters. The molecule has 3 rings (SSSR count). The normalized spacial score (nSPS) is 29.8. The molecule has 0 spiro atoms. The molecule has 2 aliphatic rings. The van der Waals surface area contributed by atoms with Crippen molar-refractivity contribution in [3.8, 4) is 23.8 Å². The topological polar surface area (TPSA) is 41.9 Å². The SMILES string of the molecule is C#CCOc1cc([C@@]23C=C[C@@H](O)C[C@@H]2N(C)CC3)ccc1OC. The summed E-state index contributed by atoms with van der Waals surface area (Å²) in [5.74, 6) is 3.85. The van der Waals surface area contributed by atoms with Crippen molar-refractivity contribution in [3.63, 3.8) is 0 Å². The lowest BCUT2D eigenvalue weighted by Gasteiger charge is -2.39. The van der Waals surface area contributed by atoms with Gasteiger partial charge >= 0.3 is 0 Å². The Morgan fingerprint density at radius 3 is 3.00 bits per heavy atom. The number of likely N-dealkylation sites (tertiary alicyclic amines) is 1. The number of fused-ring (bicyclic) bond motifs is 1. The van der Waals surface area contributed by atoms with E-state index in [4.69, 9.17) is 15.9 Å². The zero-order valence-electron chi connectivity index (χ0n) is 13.7. The van der Waals surface area contributed by atoms with Crippen LogP contribution in [0.3, 0.4) is 0 Å². The molecule has 3 atom stereocenters. The molecule has 4 nitrogen and oxygen atoms in total. The molecule has 1 fully saturated rings. The number of methoxy groups -OCH3 is 1. The first kappa shape index (κ1) is 15.9. The maximum absolute atomic E-state index is 10.0. The van der Waals surface area contributed by atoms with Gasteiger partial charge < -0.3 is 19.5 Å². The van der Waals surface area contributed by atoms with Gasteiger partial charge in [0.1, 0.15) is 6.61 Å². The van der Waals surface area contributed by atoms with E-state index >= 15 is 0 Å². The number of benzene rings is 1. The number of hydrogen-bond acceptors (Lipinski definition) is 4. The summed E-state index contributed by atoms with van der Waals surface area (Å²) in [6.45, 7) is 1.22. The molecule has 1 N–H and O–H groups in total. The van der Waals surface area contributed by atoms with Crippen LogP contribution < -0.4 is 9.47 Å². The van der Waals surface area contributed by atoms with E-state index in [0.29, 0.717) is 11.5 Å². The van der Waals surface area contributed by atoms with Gasteiger partial charge in [-0.3, -0.25) is 0 Å². The molecular weight excluding hydrogens is 290 g/mol. The van der Waals surface area contributed by atoms with Crippen LogP contribution >= 0.6 is 0 Å². The fraction of sp³-hybridized carbons (Fsp3) is 0.474. The lowest BCUT2D eigenvalue weighted by molar-refractivity contribution is 0.137. The van der Waals surface area contributed by atoms with E-state index in [0.717, 1.165) is 19.4 Å². The number of terminal acetylenes is 1. The van der Waals surface area contributed by atoms with Gasteiger partial charge in [-0.1, -0.05) is 24.1 Å². The minimum absolute atomic E-state index is 0.0888. The molecule has 1 aromatic carbocycles. The van der Waals surface area contributed by atoms with Crippen molar-refractivity contribution in [1.29, 1.82) is 0 Å². The Kier molecular flexibility index (Phi) is 4.34. The Hall–Kier alpha value is -1.96. The highest BCUT2D eigenvalue weighted by Gasteiger charge is 2.48. The average Bonchev–Trinajstić information content (AvgIpc) is 2.90. The molecule has 0 bridgehead atoms. The smallest absolute Gasteiger partial charge is 0.162 e. The van der Waals surface area contributed by atoms with E-state index in [2.05, 4.69) is 30.0 Å². The third kappa shape index (κ3) is 2.71. The molecule has 1 saturated heterocycles. The van der Waals surface area contributed by atoms with Crippen molar-refractivity contribution in [2.24, 2.45) is 0 Å². The molecule has 23 heavy (non-hydrogen) atoms. The van der Waals surface area contributed by atoms with Crippen molar-refractivity contribution in [2.45, 2.75) is 30.4 Å². The summed E-state index contributed by atoms with van der Waals surface area (Å²) >= 11 is 0. The molecule has 122 valence electrons. The van der Waals surface area contributed by atoms with Crippen molar-refractivity contribution in [2.75, 3.05) is 27.3 Å². The number of aliphatic hydroxyl groups is 1. The van der Waals surface area contributed by atoms with E-state index in [-0.39, 0.29) is 24.2 Å². The monoisotopic (exact) mass is 313 g/mol. The minimum atomic E-state index is -0.371. The summed E-state index contributed by atoms with van der Waals surface area (Å²) in [5.41, 5.74) is 1.09. The largest absolute Gasteiger partial charge is 0.493 e. The first-order chi connectivity index (χ1) is 11.1. The third-order valence-electron chi connectivity index (χ3n) is 5.10.